The molecule has 3 rings (SSSR count). The smallest absolute Gasteiger partial charge is 0.343 e. The van der Waals surface area contributed by atoms with E-state index in [0.29, 0.717) is 33.9 Å². The zero-order chi connectivity index (χ0) is 23.1. The number of benzene rings is 3. The summed E-state index contributed by atoms with van der Waals surface area (Å²) in [5.41, 5.74) is 4.70. The second-order valence-electron chi connectivity index (χ2n) is 6.71. The number of hydrazone groups is 1. The van der Waals surface area contributed by atoms with Gasteiger partial charge in [-0.3, -0.25) is 4.79 Å². The van der Waals surface area contributed by atoms with Gasteiger partial charge in [0.05, 0.1) is 26.0 Å². The van der Waals surface area contributed by atoms with Crippen molar-refractivity contribution < 1.29 is 23.8 Å². The highest BCUT2D eigenvalue weighted by atomic mass is 79.9. The molecule has 0 atom stereocenters. The maximum Gasteiger partial charge on any atom is 0.343 e. The molecule has 1 amide bonds. The van der Waals surface area contributed by atoms with E-state index in [1.165, 1.54) is 20.4 Å². The van der Waals surface area contributed by atoms with Crippen molar-refractivity contribution in [3.63, 3.8) is 0 Å². The second-order valence-corrected chi connectivity index (χ2v) is 7.63. The topological polar surface area (TPSA) is 86.2 Å². The van der Waals surface area contributed by atoms with E-state index in [1.807, 2.05) is 13.0 Å². The van der Waals surface area contributed by atoms with Crippen molar-refractivity contribution in [2.45, 2.75) is 6.92 Å². The molecule has 0 saturated heterocycles. The number of halogens is 1. The Hall–Kier alpha value is -3.65. The first-order valence-corrected chi connectivity index (χ1v) is 10.3. The van der Waals surface area contributed by atoms with Crippen LogP contribution in [-0.2, 0) is 0 Å². The summed E-state index contributed by atoms with van der Waals surface area (Å²) in [6, 6.07) is 17.0. The highest BCUT2D eigenvalue weighted by Gasteiger charge is 2.13. The van der Waals surface area contributed by atoms with Crippen LogP contribution >= 0.6 is 15.9 Å². The van der Waals surface area contributed by atoms with E-state index in [4.69, 9.17) is 14.2 Å². The lowest BCUT2D eigenvalue weighted by atomic mass is 10.1. The second kappa shape index (κ2) is 10.6. The molecule has 0 fully saturated rings. The number of ether oxygens (including phenoxy) is 3. The lowest BCUT2D eigenvalue weighted by Gasteiger charge is -2.09. The van der Waals surface area contributed by atoms with Crippen LogP contribution in [0.3, 0.4) is 0 Å². The summed E-state index contributed by atoms with van der Waals surface area (Å²) in [4.78, 5) is 24.9. The highest BCUT2D eigenvalue weighted by molar-refractivity contribution is 9.10. The summed E-state index contributed by atoms with van der Waals surface area (Å²) in [5, 5.41) is 4.00. The predicted molar refractivity (Wildman–Crippen MR) is 125 cm³/mol. The Morgan fingerprint density at radius 3 is 2.38 bits per heavy atom. The largest absolute Gasteiger partial charge is 0.493 e. The van der Waals surface area contributed by atoms with E-state index >= 15 is 0 Å². The average molecular weight is 497 g/mol. The first-order valence-electron chi connectivity index (χ1n) is 9.55. The molecule has 0 aromatic heterocycles. The van der Waals surface area contributed by atoms with Crippen LogP contribution in [0.5, 0.6) is 17.2 Å². The van der Waals surface area contributed by atoms with Gasteiger partial charge in [-0.25, -0.2) is 10.2 Å². The predicted octanol–water partition coefficient (Wildman–Crippen LogP) is 4.76. The van der Waals surface area contributed by atoms with Crippen molar-refractivity contribution in [1.29, 1.82) is 0 Å². The number of nitrogens with zero attached hydrogens (tertiary/aromatic N) is 1. The number of amides is 1. The number of nitrogens with one attached hydrogen (secondary N) is 1. The van der Waals surface area contributed by atoms with Crippen molar-refractivity contribution in [3.8, 4) is 17.2 Å². The minimum Gasteiger partial charge on any atom is -0.493 e. The monoisotopic (exact) mass is 496 g/mol. The first kappa shape index (κ1) is 23.0. The number of esters is 1. The Kier molecular flexibility index (Phi) is 7.62. The fourth-order valence-electron chi connectivity index (χ4n) is 2.85. The number of carbonyl (C=O) groups is 2. The van der Waals surface area contributed by atoms with Gasteiger partial charge in [-0.2, -0.15) is 5.10 Å². The molecule has 0 aliphatic carbocycles. The molecule has 3 aromatic rings. The molecule has 164 valence electrons. The van der Waals surface area contributed by atoms with Gasteiger partial charge in [0.25, 0.3) is 5.91 Å². The van der Waals surface area contributed by atoms with Crippen LogP contribution in [0.4, 0.5) is 0 Å². The third kappa shape index (κ3) is 5.73. The molecule has 0 heterocycles. The maximum absolute atomic E-state index is 12.5. The normalized spacial score (nSPS) is 10.6. The van der Waals surface area contributed by atoms with E-state index in [1.54, 1.807) is 54.6 Å². The molecule has 7 nitrogen and oxygen atoms in total. The molecule has 3 aromatic carbocycles. The number of rotatable bonds is 7. The quantitative estimate of drug-likeness (QED) is 0.220. The molecule has 0 radical (unpaired) electrons. The number of methoxy groups -OCH3 is 2. The van der Waals surface area contributed by atoms with Gasteiger partial charge in [0.15, 0.2) is 11.5 Å². The fraction of sp³-hybridized carbons (Fsp3) is 0.125. The summed E-state index contributed by atoms with van der Waals surface area (Å²) in [5.74, 6) is 0.336. The van der Waals surface area contributed by atoms with E-state index in [2.05, 4.69) is 26.5 Å². The molecule has 0 bridgehead atoms. The Bertz CT molecular complexity index is 1180. The van der Waals surface area contributed by atoms with E-state index in [0.717, 1.165) is 10.0 Å². The minimum atomic E-state index is -0.486. The lowest BCUT2D eigenvalue weighted by Crippen LogP contribution is -2.18. The zero-order valence-electron chi connectivity index (χ0n) is 17.7. The van der Waals surface area contributed by atoms with Crippen molar-refractivity contribution >= 4 is 34.0 Å². The SMILES string of the molecule is COc1ccc(C(=O)N/N=C/c2cc(Br)ccc2OC(=O)c2cccc(C)c2)cc1OC. The summed E-state index contributed by atoms with van der Waals surface area (Å²) < 4.78 is 16.7. The molecular formula is C24H21BrN2O5. The van der Waals surface area contributed by atoms with Crippen molar-refractivity contribution in [3.05, 3.63) is 87.4 Å². The van der Waals surface area contributed by atoms with Crippen LogP contribution in [0, 0.1) is 6.92 Å². The van der Waals surface area contributed by atoms with E-state index in [9.17, 15) is 9.59 Å². The summed E-state index contributed by atoms with van der Waals surface area (Å²) in [6.45, 7) is 1.90. The zero-order valence-corrected chi connectivity index (χ0v) is 19.3. The molecule has 0 aliphatic heterocycles. The Labute approximate surface area is 194 Å². The van der Waals surface area contributed by atoms with Gasteiger partial charge >= 0.3 is 5.97 Å². The Morgan fingerprint density at radius 2 is 1.66 bits per heavy atom. The number of hydrogen-bond acceptors (Lipinski definition) is 6. The third-order valence-corrected chi connectivity index (χ3v) is 4.94. The van der Waals surface area contributed by atoms with Crippen LogP contribution in [-0.4, -0.2) is 32.3 Å². The van der Waals surface area contributed by atoms with Crippen LogP contribution in [0.25, 0.3) is 0 Å². The van der Waals surface area contributed by atoms with Crippen molar-refractivity contribution in [2.24, 2.45) is 5.10 Å². The minimum absolute atomic E-state index is 0.309. The number of carbonyl (C=O) groups excluding carboxylic acids is 2. The summed E-state index contributed by atoms with van der Waals surface area (Å²) >= 11 is 3.39. The molecular weight excluding hydrogens is 476 g/mol. The van der Waals surface area contributed by atoms with Gasteiger partial charge in [0.1, 0.15) is 5.75 Å². The third-order valence-electron chi connectivity index (χ3n) is 4.44. The van der Waals surface area contributed by atoms with Gasteiger partial charge < -0.3 is 14.2 Å². The van der Waals surface area contributed by atoms with Gasteiger partial charge in [-0.05, 0) is 55.5 Å². The molecule has 0 unspecified atom stereocenters. The summed E-state index contributed by atoms with van der Waals surface area (Å²) in [7, 11) is 3.01. The molecule has 8 heteroatoms. The molecule has 32 heavy (non-hydrogen) atoms. The van der Waals surface area contributed by atoms with Crippen molar-refractivity contribution in [1.82, 2.24) is 5.43 Å². The molecule has 0 spiro atoms. The molecule has 0 aliphatic rings. The van der Waals surface area contributed by atoms with Gasteiger partial charge in [-0.1, -0.05) is 33.6 Å². The molecule has 0 saturated carbocycles. The molecule has 1 N–H and O–H groups in total. The van der Waals surface area contributed by atoms with Crippen LogP contribution < -0.4 is 19.6 Å². The highest BCUT2D eigenvalue weighted by Crippen LogP contribution is 2.27. The Morgan fingerprint density at radius 1 is 0.906 bits per heavy atom. The first-order chi connectivity index (χ1) is 15.4. The van der Waals surface area contributed by atoms with Gasteiger partial charge in [-0.15, -0.1) is 0 Å². The summed E-state index contributed by atoms with van der Waals surface area (Å²) in [6.07, 6.45) is 1.41. The van der Waals surface area contributed by atoms with Crippen LogP contribution in [0.15, 0.2) is 70.2 Å². The standard InChI is InChI=1S/C24H21BrN2O5/c1-15-5-4-6-17(11-15)24(29)32-20-10-8-19(25)12-18(20)14-26-27-23(28)16-7-9-21(30-2)22(13-16)31-3/h4-14H,1-3H3,(H,27,28)/b26-14+. The van der Waals surface area contributed by atoms with Gasteiger partial charge in [0.2, 0.25) is 0 Å². The van der Waals surface area contributed by atoms with E-state index in [-0.39, 0.29) is 0 Å². The lowest BCUT2D eigenvalue weighted by molar-refractivity contribution is 0.0734. The van der Waals surface area contributed by atoms with Crippen molar-refractivity contribution in [2.75, 3.05) is 14.2 Å². The fourth-order valence-corrected chi connectivity index (χ4v) is 3.23. The Balaban J connectivity index is 1.75. The maximum atomic E-state index is 12.5. The van der Waals surface area contributed by atoms with Gasteiger partial charge in [0, 0.05) is 15.6 Å². The van der Waals surface area contributed by atoms with Crippen LogP contribution in [0.1, 0.15) is 31.8 Å². The van der Waals surface area contributed by atoms with Crippen LogP contribution in [0.2, 0.25) is 0 Å². The average Bonchev–Trinajstić information content (AvgIpc) is 2.80. The number of hydrogen-bond donors (Lipinski definition) is 1. The van der Waals surface area contributed by atoms with E-state index < -0.39 is 11.9 Å². The number of aryl methyl sites for hydroxylation is 1.